The molecule has 0 saturated heterocycles. The van der Waals surface area contributed by atoms with Gasteiger partial charge in [-0.15, -0.1) is 0 Å². The molecule has 1 heterocycles. The standard InChI is InChI=1S/C21H26N2O5S/c1-15(24)23-14-21(2,3)28-20-10-9-18(13-19(20)23)29(25,26)22-12-11-16-5-7-17(27-4)8-6-16/h5-10,13,22H,11-12,14H2,1-4H3. The highest BCUT2D eigenvalue weighted by Gasteiger charge is 2.34. The Balaban J connectivity index is 1.75. The quantitative estimate of drug-likeness (QED) is 0.780. The zero-order chi connectivity index (χ0) is 21.2. The number of amides is 1. The predicted octanol–water partition coefficient (Wildman–Crippen LogP) is 2.74. The number of sulfonamides is 1. The summed E-state index contributed by atoms with van der Waals surface area (Å²) in [6.45, 7) is 5.84. The molecule has 1 aliphatic heterocycles. The number of carbonyl (C=O) groups excluding carboxylic acids is 1. The number of hydrogen-bond donors (Lipinski definition) is 1. The van der Waals surface area contributed by atoms with E-state index in [1.807, 2.05) is 38.1 Å². The maximum Gasteiger partial charge on any atom is 0.240 e. The Bertz CT molecular complexity index is 1000. The molecule has 156 valence electrons. The smallest absolute Gasteiger partial charge is 0.240 e. The van der Waals surface area contributed by atoms with Gasteiger partial charge in [0.1, 0.15) is 17.1 Å². The van der Waals surface area contributed by atoms with Gasteiger partial charge in [-0.2, -0.15) is 0 Å². The third kappa shape index (κ3) is 4.89. The molecule has 7 nitrogen and oxygen atoms in total. The number of hydrogen-bond acceptors (Lipinski definition) is 5. The fourth-order valence-corrected chi connectivity index (χ4v) is 4.30. The fraction of sp³-hybridized carbons (Fsp3) is 0.381. The van der Waals surface area contributed by atoms with Gasteiger partial charge < -0.3 is 14.4 Å². The number of methoxy groups -OCH3 is 1. The molecular weight excluding hydrogens is 392 g/mol. The van der Waals surface area contributed by atoms with Crippen LogP contribution >= 0.6 is 0 Å². The Morgan fingerprint density at radius 3 is 2.52 bits per heavy atom. The van der Waals surface area contributed by atoms with Gasteiger partial charge in [0.15, 0.2) is 0 Å². The van der Waals surface area contributed by atoms with Gasteiger partial charge in [-0.1, -0.05) is 12.1 Å². The average Bonchev–Trinajstić information content (AvgIpc) is 2.66. The SMILES string of the molecule is COc1ccc(CCNS(=O)(=O)c2ccc3c(c2)N(C(C)=O)CC(C)(C)O3)cc1. The van der Waals surface area contributed by atoms with Crippen LogP contribution in [-0.4, -0.2) is 40.1 Å². The minimum atomic E-state index is -3.72. The third-order valence-electron chi connectivity index (χ3n) is 4.70. The molecule has 0 unspecified atom stereocenters. The molecule has 1 amide bonds. The van der Waals surface area contributed by atoms with Crippen molar-refractivity contribution in [2.24, 2.45) is 0 Å². The maximum atomic E-state index is 12.7. The summed E-state index contributed by atoms with van der Waals surface area (Å²) in [7, 11) is -2.12. The Hall–Kier alpha value is -2.58. The molecule has 2 aromatic rings. The number of ether oxygens (including phenoxy) is 2. The first-order chi connectivity index (χ1) is 13.6. The average molecular weight is 419 g/mol. The zero-order valence-electron chi connectivity index (χ0n) is 17.1. The summed E-state index contributed by atoms with van der Waals surface area (Å²) in [6, 6.07) is 12.1. The molecule has 3 rings (SSSR count). The number of benzene rings is 2. The summed E-state index contributed by atoms with van der Waals surface area (Å²) < 4.78 is 39.1. The van der Waals surface area contributed by atoms with Crippen molar-refractivity contribution in [1.29, 1.82) is 0 Å². The topological polar surface area (TPSA) is 84.9 Å². The van der Waals surface area contributed by atoms with Crippen molar-refractivity contribution in [3.63, 3.8) is 0 Å². The van der Waals surface area contributed by atoms with Crippen LogP contribution < -0.4 is 19.1 Å². The number of carbonyl (C=O) groups is 1. The lowest BCUT2D eigenvalue weighted by molar-refractivity contribution is -0.117. The molecule has 0 bridgehead atoms. The zero-order valence-corrected chi connectivity index (χ0v) is 17.9. The fourth-order valence-electron chi connectivity index (χ4n) is 3.24. The van der Waals surface area contributed by atoms with Crippen LogP contribution in [-0.2, 0) is 21.2 Å². The molecule has 0 saturated carbocycles. The van der Waals surface area contributed by atoms with Gasteiger partial charge in [0.2, 0.25) is 15.9 Å². The highest BCUT2D eigenvalue weighted by Crippen LogP contribution is 2.38. The Morgan fingerprint density at radius 2 is 1.90 bits per heavy atom. The largest absolute Gasteiger partial charge is 0.497 e. The summed E-state index contributed by atoms with van der Waals surface area (Å²) in [5, 5.41) is 0. The highest BCUT2D eigenvalue weighted by molar-refractivity contribution is 7.89. The molecule has 29 heavy (non-hydrogen) atoms. The summed E-state index contributed by atoms with van der Waals surface area (Å²) in [6.07, 6.45) is 0.547. The molecule has 1 aliphatic rings. The van der Waals surface area contributed by atoms with Crippen LogP contribution in [0.5, 0.6) is 11.5 Å². The highest BCUT2D eigenvalue weighted by atomic mass is 32.2. The molecule has 8 heteroatoms. The van der Waals surface area contributed by atoms with Crippen LogP contribution in [0.25, 0.3) is 0 Å². The lowest BCUT2D eigenvalue weighted by Crippen LogP contribution is -2.48. The van der Waals surface area contributed by atoms with Crippen molar-refractivity contribution < 1.29 is 22.7 Å². The molecule has 2 aromatic carbocycles. The van der Waals surface area contributed by atoms with E-state index in [0.717, 1.165) is 11.3 Å². The number of rotatable bonds is 6. The van der Waals surface area contributed by atoms with E-state index in [9.17, 15) is 13.2 Å². The van der Waals surface area contributed by atoms with Gasteiger partial charge in [-0.05, 0) is 56.2 Å². The van der Waals surface area contributed by atoms with Crippen LogP contribution in [0.15, 0.2) is 47.4 Å². The second-order valence-electron chi connectivity index (χ2n) is 7.59. The first kappa shape index (κ1) is 21.1. The Kier molecular flexibility index (Phi) is 5.86. The van der Waals surface area contributed by atoms with Gasteiger partial charge in [0, 0.05) is 13.5 Å². The maximum absolute atomic E-state index is 12.7. The molecule has 0 spiro atoms. The van der Waals surface area contributed by atoms with Crippen LogP contribution in [0.3, 0.4) is 0 Å². The van der Waals surface area contributed by atoms with Crippen LogP contribution in [0.4, 0.5) is 5.69 Å². The van der Waals surface area contributed by atoms with Crippen molar-refractivity contribution in [3.8, 4) is 11.5 Å². The second kappa shape index (κ2) is 8.04. The van der Waals surface area contributed by atoms with E-state index in [2.05, 4.69) is 4.72 Å². The molecule has 0 aromatic heterocycles. The van der Waals surface area contributed by atoms with E-state index >= 15 is 0 Å². The first-order valence-corrected chi connectivity index (χ1v) is 10.8. The third-order valence-corrected chi connectivity index (χ3v) is 6.16. The minimum absolute atomic E-state index is 0.0977. The summed E-state index contributed by atoms with van der Waals surface area (Å²) in [5.74, 6) is 1.09. The second-order valence-corrected chi connectivity index (χ2v) is 9.36. The van der Waals surface area contributed by atoms with E-state index in [1.165, 1.54) is 19.1 Å². The van der Waals surface area contributed by atoms with Crippen LogP contribution in [0.2, 0.25) is 0 Å². The summed E-state index contributed by atoms with van der Waals surface area (Å²) >= 11 is 0. The monoisotopic (exact) mass is 418 g/mol. The molecular formula is C21H26N2O5S. The van der Waals surface area contributed by atoms with E-state index in [4.69, 9.17) is 9.47 Å². The molecule has 0 radical (unpaired) electrons. The van der Waals surface area contributed by atoms with Crippen LogP contribution in [0, 0.1) is 0 Å². The first-order valence-electron chi connectivity index (χ1n) is 9.35. The van der Waals surface area contributed by atoms with E-state index < -0.39 is 15.6 Å². The van der Waals surface area contributed by atoms with Crippen LogP contribution in [0.1, 0.15) is 26.3 Å². The normalized spacial score (nSPS) is 15.4. The Labute approximate surface area is 171 Å². The number of nitrogens with zero attached hydrogens (tertiary/aromatic N) is 1. The van der Waals surface area contributed by atoms with E-state index in [-0.39, 0.29) is 17.3 Å². The predicted molar refractivity (Wildman–Crippen MR) is 111 cm³/mol. The van der Waals surface area contributed by atoms with Crippen molar-refractivity contribution in [2.45, 2.75) is 37.7 Å². The van der Waals surface area contributed by atoms with Gasteiger partial charge in [-0.25, -0.2) is 13.1 Å². The molecule has 1 N–H and O–H groups in total. The molecule has 0 atom stereocenters. The molecule has 0 aliphatic carbocycles. The minimum Gasteiger partial charge on any atom is -0.497 e. The van der Waals surface area contributed by atoms with Crippen molar-refractivity contribution >= 4 is 21.6 Å². The lowest BCUT2D eigenvalue weighted by Gasteiger charge is -2.39. The molecule has 0 fully saturated rings. The van der Waals surface area contributed by atoms with Gasteiger partial charge in [0.05, 0.1) is 24.2 Å². The van der Waals surface area contributed by atoms with Gasteiger partial charge >= 0.3 is 0 Å². The lowest BCUT2D eigenvalue weighted by atomic mass is 10.1. The Morgan fingerprint density at radius 1 is 1.21 bits per heavy atom. The number of nitrogens with one attached hydrogen (secondary N) is 1. The van der Waals surface area contributed by atoms with E-state index in [0.29, 0.717) is 24.4 Å². The summed E-state index contributed by atoms with van der Waals surface area (Å²) in [5.41, 5.74) is 0.919. The number of anilines is 1. The van der Waals surface area contributed by atoms with Crippen molar-refractivity contribution in [1.82, 2.24) is 4.72 Å². The summed E-state index contributed by atoms with van der Waals surface area (Å²) in [4.78, 5) is 13.7. The number of fused-ring (bicyclic) bond motifs is 1. The van der Waals surface area contributed by atoms with Crippen molar-refractivity contribution in [2.75, 3.05) is 25.1 Å². The van der Waals surface area contributed by atoms with E-state index in [1.54, 1.807) is 18.1 Å². The van der Waals surface area contributed by atoms with Gasteiger partial charge in [0.25, 0.3) is 0 Å². The van der Waals surface area contributed by atoms with Crippen molar-refractivity contribution in [3.05, 3.63) is 48.0 Å². The van der Waals surface area contributed by atoms with Gasteiger partial charge in [-0.3, -0.25) is 4.79 Å².